The zero-order valence-electron chi connectivity index (χ0n) is 14.9. The van der Waals surface area contributed by atoms with E-state index in [2.05, 4.69) is 5.32 Å². The monoisotopic (exact) mass is 391 g/mol. The molecule has 1 fully saturated rings. The molecule has 1 N–H and O–H groups in total. The number of halogens is 1. The van der Waals surface area contributed by atoms with Crippen molar-refractivity contribution in [2.24, 2.45) is 0 Å². The van der Waals surface area contributed by atoms with Crippen LogP contribution < -0.4 is 10.2 Å². The number of amides is 2. The predicted molar refractivity (Wildman–Crippen MR) is 102 cm³/mol. The number of hydrogen-bond acceptors (Lipinski definition) is 5. The Morgan fingerprint density at radius 2 is 1.85 bits per heavy atom. The van der Waals surface area contributed by atoms with E-state index in [1.165, 1.54) is 6.07 Å². The summed E-state index contributed by atoms with van der Waals surface area (Å²) in [6.45, 7) is 2.31. The van der Waals surface area contributed by atoms with Gasteiger partial charge in [0.1, 0.15) is 19.0 Å². The van der Waals surface area contributed by atoms with Crippen molar-refractivity contribution in [3.8, 4) is 0 Å². The SMILES string of the molecule is O=C(COCC(=O)N1CCN(c2ccccc2F)CC1)NCc1cccs1. The van der Waals surface area contributed by atoms with Crippen LogP contribution in [-0.2, 0) is 20.9 Å². The fourth-order valence-corrected chi connectivity index (χ4v) is 3.52. The molecule has 0 unspecified atom stereocenters. The number of thiophene rings is 1. The van der Waals surface area contributed by atoms with Gasteiger partial charge in [-0.05, 0) is 23.6 Å². The van der Waals surface area contributed by atoms with Crippen molar-refractivity contribution in [3.05, 3.63) is 52.5 Å². The highest BCUT2D eigenvalue weighted by atomic mass is 32.1. The van der Waals surface area contributed by atoms with Crippen molar-refractivity contribution >= 4 is 28.8 Å². The van der Waals surface area contributed by atoms with Gasteiger partial charge in [0.25, 0.3) is 0 Å². The average Bonchev–Trinajstić information content (AvgIpc) is 3.20. The molecular weight excluding hydrogens is 369 g/mol. The van der Waals surface area contributed by atoms with Crippen molar-refractivity contribution in [1.29, 1.82) is 0 Å². The van der Waals surface area contributed by atoms with Crippen LogP contribution in [0.2, 0.25) is 0 Å². The number of benzene rings is 1. The smallest absolute Gasteiger partial charge is 0.248 e. The Hall–Kier alpha value is -2.45. The number of carbonyl (C=O) groups is 2. The molecule has 6 nitrogen and oxygen atoms in total. The van der Waals surface area contributed by atoms with E-state index < -0.39 is 0 Å². The van der Waals surface area contributed by atoms with Crippen molar-refractivity contribution in [2.45, 2.75) is 6.54 Å². The van der Waals surface area contributed by atoms with Crippen LogP contribution in [0, 0.1) is 5.82 Å². The summed E-state index contributed by atoms with van der Waals surface area (Å²) >= 11 is 1.57. The summed E-state index contributed by atoms with van der Waals surface area (Å²) in [5.74, 6) is -0.663. The van der Waals surface area contributed by atoms with Gasteiger partial charge in [-0.1, -0.05) is 18.2 Å². The zero-order valence-corrected chi connectivity index (χ0v) is 15.7. The van der Waals surface area contributed by atoms with Gasteiger partial charge in [0.15, 0.2) is 0 Å². The van der Waals surface area contributed by atoms with Crippen LogP contribution in [0.15, 0.2) is 41.8 Å². The van der Waals surface area contributed by atoms with Crippen molar-refractivity contribution < 1.29 is 18.7 Å². The normalized spacial score (nSPS) is 14.3. The van der Waals surface area contributed by atoms with Gasteiger partial charge in [-0.15, -0.1) is 11.3 Å². The number of rotatable bonds is 7. The first-order chi connectivity index (χ1) is 13.1. The van der Waals surface area contributed by atoms with Crippen LogP contribution >= 0.6 is 11.3 Å². The maximum Gasteiger partial charge on any atom is 0.248 e. The molecule has 1 aromatic carbocycles. The van der Waals surface area contributed by atoms with E-state index >= 15 is 0 Å². The van der Waals surface area contributed by atoms with E-state index in [4.69, 9.17) is 4.74 Å². The quantitative estimate of drug-likeness (QED) is 0.783. The molecular formula is C19H22FN3O3S. The molecule has 1 aliphatic heterocycles. The lowest BCUT2D eigenvalue weighted by atomic mass is 10.2. The van der Waals surface area contributed by atoms with E-state index in [-0.39, 0.29) is 30.8 Å². The third-order valence-corrected chi connectivity index (χ3v) is 5.20. The third-order valence-electron chi connectivity index (χ3n) is 4.32. The zero-order chi connectivity index (χ0) is 19.1. The Kier molecular flexibility index (Phi) is 6.78. The highest BCUT2D eigenvalue weighted by Crippen LogP contribution is 2.20. The molecule has 2 heterocycles. The van der Waals surface area contributed by atoms with Crippen LogP contribution in [0.4, 0.5) is 10.1 Å². The largest absolute Gasteiger partial charge is 0.366 e. The van der Waals surface area contributed by atoms with Gasteiger partial charge >= 0.3 is 0 Å². The summed E-state index contributed by atoms with van der Waals surface area (Å²) in [6, 6.07) is 10.5. The Balaban J connectivity index is 1.34. The molecule has 0 spiro atoms. The number of ether oxygens (including phenoxy) is 1. The van der Waals surface area contributed by atoms with Gasteiger partial charge in [-0.2, -0.15) is 0 Å². The molecule has 3 rings (SSSR count). The molecule has 2 amide bonds. The topological polar surface area (TPSA) is 61.9 Å². The van der Waals surface area contributed by atoms with Crippen LogP contribution in [0.1, 0.15) is 4.88 Å². The lowest BCUT2D eigenvalue weighted by Crippen LogP contribution is -2.50. The minimum atomic E-state index is -0.255. The van der Waals surface area contributed by atoms with Gasteiger partial charge in [-0.3, -0.25) is 9.59 Å². The average molecular weight is 391 g/mol. The fourth-order valence-electron chi connectivity index (χ4n) is 2.88. The second kappa shape index (κ2) is 9.48. The molecule has 0 aliphatic carbocycles. The van der Waals surface area contributed by atoms with Crippen molar-refractivity contribution in [3.63, 3.8) is 0 Å². The first-order valence-electron chi connectivity index (χ1n) is 8.77. The molecule has 0 radical (unpaired) electrons. The molecule has 27 heavy (non-hydrogen) atoms. The number of anilines is 1. The molecule has 1 saturated heterocycles. The number of carbonyl (C=O) groups excluding carboxylic acids is 2. The fraction of sp³-hybridized carbons (Fsp3) is 0.368. The minimum Gasteiger partial charge on any atom is -0.366 e. The summed E-state index contributed by atoms with van der Waals surface area (Å²) in [6.07, 6.45) is 0. The Morgan fingerprint density at radius 1 is 1.07 bits per heavy atom. The molecule has 1 aromatic heterocycles. The summed E-state index contributed by atoms with van der Waals surface area (Å²) in [7, 11) is 0. The molecule has 0 saturated carbocycles. The standard InChI is InChI=1S/C19H22FN3O3S/c20-16-5-1-2-6-17(16)22-7-9-23(10-8-22)19(25)14-26-13-18(24)21-12-15-4-3-11-27-15/h1-6,11H,7-10,12-14H2,(H,21,24). The van der Waals surface area contributed by atoms with Crippen LogP contribution in [-0.4, -0.2) is 56.1 Å². The van der Waals surface area contributed by atoms with Crippen molar-refractivity contribution in [1.82, 2.24) is 10.2 Å². The summed E-state index contributed by atoms with van der Waals surface area (Å²) in [5.41, 5.74) is 0.559. The summed E-state index contributed by atoms with van der Waals surface area (Å²) < 4.78 is 19.1. The van der Waals surface area contributed by atoms with Gasteiger partial charge in [0, 0.05) is 31.1 Å². The van der Waals surface area contributed by atoms with E-state index in [9.17, 15) is 14.0 Å². The third kappa shape index (κ3) is 5.51. The second-order valence-corrected chi connectivity index (χ2v) is 7.20. The number of nitrogens with zero attached hydrogens (tertiary/aromatic N) is 2. The number of piperazine rings is 1. The highest BCUT2D eigenvalue weighted by Gasteiger charge is 2.22. The van der Waals surface area contributed by atoms with Gasteiger partial charge in [0.2, 0.25) is 11.8 Å². The number of nitrogens with one attached hydrogen (secondary N) is 1. The van der Waals surface area contributed by atoms with Crippen LogP contribution in [0.5, 0.6) is 0 Å². The van der Waals surface area contributed by atoms with Gasteiger partial charge in [0.05, 0.1) is 12.2 Å². The number of para-hydroxylation sites is 1. The van der Waals surface area contributed by atoms with E-state index in [1.807, 2.05) is 22.4 Å². The lowest BCUT2D eigenvalue weighted by molar-refractivity contribution is -0.138. The Morgan fingerprint density at radius 3 is 2.56 bits per heavy atom. The molecule has 0 atom stereocenters. The molecule has 8 heteroatoms. The van der Waals surface area contributed by atoms with Gasteiger partial charge < -0.3 is 19.9 Å². The molecule has 2 aromatic rings. The highest BCUT2D eigenvalue weighted by molar-refractivity contribution is 7.09. The maximum atomic E-state index is 13.8. The maximum absolute atomic E-state index is 13.8. The predicted octanol–water partition coefficient (Wildman–Crippen LogP) is 1.87. The van der Waals surface area contributed by atoms with Crippen molar-refractivity contribution in [2.75, 3.05) is 44.3 Å². The minimum absolute atomic E-state index is 0.133. The lowest BCUT2D eigenvalue weighted by Gasteiger charge is -2.36. The van der Waals surface area contributed by atoms with E-state index in [0.29, 0.717) is 38.4 Å². The number of hydrogen-bond donors (Lipinski definition) is 1. The van der Waals surface area contributed by atoms with Crippen LogP contribution in [0.25, 0.3) is 0 Å². The molecule has 0 bridgehead atoms. The van der Waals surface area contributed by atoms with Crippen LogP contribution in [0.3, 0.4) is 0 Å². The summed E-state index contributed by atoms with van der Waals surface area (Å²) in [4.78, 5) is 28.6. The first-order valence-corrected chi connectivity index (χ1v) is 9.65. The molecule has 144 valence electrons. The van der Waals surface area contributed by atoms with E-state index in [1.54, 1.807) is 34.4 Å². The second-order valence-electron chi connectivity index (χ2n) is 6.17. The first kappa shape index (κ1) is 19.3. The Bertz CT molecular complexity index is 761. The summed E-state index contributed by atoms with van der Waals surface area (Å²) in [5, 5.41) is 4.69. The van der Waals surface area contributed by atoms with E-state index in [0.717, 1.165) is 4.88 Å². The van der Waals surface area contributed by atoms with Gasteiger partial charge in [-0.25, -0.2) is 4.39 Å². The Labute approximate surface area is 161 Å². The molecule has 1 aliphatic rings.